The lowest BCUT2D eigenvalue weighted by Crippen LogP contribution is -2.52. The number of halogens is 4. The van der Waals surface area contributed by atoms with E-state index in [1.165, 1.54) is 17.9 Å². The van der Waals surface area contributed by atoms with Gasteiger partial charge >= 0.3 is 6.18 Å². The highest BCUT2D eigenvalue weighted by atomic mass is 19.4. The van der Waals surface area contributed by atoms with Gasteiger partial charge in [0.2, 0.25) is 5.79 Å². The van der Waals surface area contributed by atoms with Crippen molar-refractivity contribution in [2.75, 3.05) is 20.1 Å². The first-order valence-electron chi connectivity index (χ1n) is 9.63. The third-order valence-electron chi connectivity index (χ3n) is 5.66. The number of piperidine rings is 1. The van der Waals surface area contributed by atoms with E-state index in [1.807, 2.05) is 0 Å². The van der Waals surface area contributed by atoms with Gasteiger partial charge in [-0.25, -0.2) is 9.38 Å². The molecule has 0 bridgehead atoms. The van der Waals surface area contributed by atoms with Gasteiger partial charge in [-0.05, 0) is 19.8 Å². The summed E-state index contributed by atoms with van der Waals surface area (Å²) in [5.74, 6) is -2.01. The molecule has 3 heterocycles. The predicted octanol–water partition coefficient (Wildman–Crippen LogP) is 2.00. The van der Waals surface area contributed by atoms with Crippen LogP contribution in [-0.4, -0.2) is 59.0 Å². The lowest BCUT2D eigenvalue weighted by atomic mass is 10.0. The first-order chi connectivity index (χ1) is 13.6. The van der Waals surface area contributed by atoms with Crippen LogP contribution in [0, 0.1) is 0 Å². The van der Waals surface area contributed by atoms with Crippen LogP contribution in [0.15, 0.2) is 29.2 Å². The highest BCUT2D eigenvalue weighted by Gasteiger charge is 2.42. The van der Waals surface area contributed by atoms with Crippen LogP contribution in [0.25, 0.3) is 0 Å². The molecule has 0 aromatic carbocycles. The van der Waals surface area contributed by atoms with E-state index in [4.69, 9.17) is 5.73 Å². The zero-order valence-corrected chi connectivity index (χ0v) is 16.7. The number of nitrogens with one attached hydrogen (secondary N) is 2. The first kappa shape index (κ1) is 21.6. The van der Waals surface area contributed by atoms with Gasteiger partial charge in [0, 0.05) is 38.6 Å². The topological polar surface area (TPSA) is 83.5 Å². The van der Waals surface area contributed by atoms with Gasteiger partial charge in [-0.2, -0.15) is 18.3 Å². The third kappa shape index (κ3) is 4.25. The third-order valence-corrected chi connectivity index (χ3v) is 5.66. The van der Waals surface area contributed by atoms with Crippen molar-refractivity contribution in [1.82, 2.24) is 25.3 Å². The number of rotatable bonds is 4. The van der Waals surface area contributed by atoms with Crippen molar-refractivity contribution < 1.29 is 17.6 Å². The molecule has 2 aliphatic rings. The number of nitrogens with zero attached hydrogens (tertiary/aromatic N) is 4. The Morgan fingerprint density at radius 1 is 1.45 bits per heavy atom. The zero-order chi connectivity index (χ0) is 21.4. The summed E-state index contributed by atoms with van der Waals surface area (Å²) in [6.45, 7) is 5.22. The number of aliphatic imine (C=N–C) groups is 1. The Balaban J connectivity index is 1.78. The van der Waals surface area contributed by atoms with Crippen molar-refractivity contribution >= 4 is 5.84 Å². The molecular weight excluding hydrogens is 390 g/mol. The molecule has 4 N–H and O–H groups in total. The number of likely N-dealkylation sites (tertiary alicyclic amines) is 1. The second-order valence-electron chi connectivity index (χ2n) is 7.51. The predicted molar refractivity (Wildman–Crippen MR) is 102 cm³/mol. The Bertz CT molecular complexity index is 787. The molecule has 1 fully saturated rings. The van der Waals surface area contributed by atoms with Crippen LogP contribution in [0.5, 0.6) is 0 Å². The Kier molecular flexibility index (Phi) is 5.91. The average molecular weight is 417 g/mol. The SMILES string of the molecule is CCC(C)N1CC[C@@H](n2cc(C3(N)N=C(NC)C(C(F)(F)F)=CN3)cn2)[C@H](F)C1. The highest BCUT2D eigenvalue weighted by Crippen LogP contribution is 2.32. The summed E-state index contributed by atoms with van der Waals surface area (Å²) in [5, 5.41) is 9.16. The van der Waals surface area contributed by atoms with Crippen molar-refractivity contribution in [1.29, 1.82) is 0 Å². The van der Waals surface area contributed by atoms with E-state index in [9.17, 15) is 17.6 Å². The maximum Gasteiger partial charge on any atom is 0.421 e. The summed E-state index contributed by atoms with van der Waals surface area (Å²) in [4.78, 5) is 6.12. The molecule has 3 rings (SSSR count). The Labute approximate surface area is 167 Å². The monoisotopic (exact) mass is 417 g/mol. The first-order valence-corrected chi connectivity index (χ1v) is 9.63. The van der Waals surface area contributed by atoms with E-state index in [0.717, 1.165) is 19.2 Å². The van der Waals surface area contributed by atoms with Gasteiger partial charge in [-0.1, -0.05) is 6.92 Å². The van der Waals surface area contributed by atoms with Gasteiger partial charge < -0.3 is 10.6 Å². The molecule has 29 heavy (non-hydrogen) atoms. The van der Waals surface area contributed by atoms with Crippen LogP contribution in [-0.2, 0) is 5.79 Å². The molecule has 11 heteroatoms. The second kappa shape index (κ2) is 7.94. The van der Waals surface area contributed by atoms with Crippen molar-refractivity contribution in [3.8, 4) is 0 Å². The molecule has 7 nitrogen and oxygen atoms in total. The fourth-order valence-corrected chi connectivity index (χ4v) is 3.66. The van der Waals surface area contributed by atoms with Crippen molar-refractivity contribution in [2.45, 2.75) is 56.9 Å². The molecule has 1 saturated heterocycles. The number of alkyl halides is 4. The molecule has 4 atom stereocenters. The molecule has 2 aliphatic heterocycles. The van der Waals surface area contributed by atoms with Crippen LogP contribution in [0.1, 0.15) is 38.3 Å². The highest BCUT2D eigenvalue weighted by molar-refractivity contribution is 6.00. The normalized spacial score (nSPS) is 29.7. The van der Waals surface area contributed by atoms with E-state index in [0.29, 0.717) is 24.6 Å². The number of aromatic nitrogens is 2. The molecule has 2 unspecified atom stereocenters. The molecule has 0 spiro atoms. The smallest absolute Gasteiger partial charge is 0.373 e. The summed E-state index contributed by atoms with van der Waals surface area (Å²) < 4.78 is 55.6. The van der Waals surface area contributed by atoms with E-state index in [1.54, 1.807) is 6.20 Å². The summed E-state index contributed by atoms with van der Waals surface area (Å²) in [6.07, 6.45) is -0.405. The number of hydrogen-bond donors (Lipinski definition) is 3. The Morgan fingerprint density at radius 3 is 2.76 bits per heavy atom. The van der Waals surface area contributed by atoms with Crippen molar-refractivity contribution in [3.05, 3.63) is 29.7 Å². The van der Waals surface area contributed by atoms with Gasteiger partial charge in [-0.3, -0.25) is 15.3 Å². The Hall–Kier alpha value is -2.14. The maximum absolute atomic E-state index is 14.8. The average Bonchev–Trinajstić information content (AvgIpc) is 3.17. The van der Waals surface area contributed by atoms with Crippen molar-refractivity contribution in [2.24, 2.45) is 10.7 Å². The quantitative estimate of drug-likeness (QED) is 0.653. The minimum atomic E-state index is -4.58. The lowest BCUT2D eigenvalue weighted by molar-refractivity contribution is -0.0872. The van der Waals surface area contributed by atoms with Crippen LogP contribution in [0.4, 0.5) is 17.6 Å². The lowest BCUT2D eigenvalue weighted by Gasteiger charge is -2.38. The van der Waals surface area contributed by atoms with E-state index < -0.39 is 29.7 Å². The number of nitrogens with two attached hydrogens (primary N) is 1. The fourth-order valence-electron chi connectivity index (χ4n) is 3.66. The van der Waals surface area contributed by atoms with Gasteiger partial charge in [0.1, 0.15) is 17.6 Å². The van der Waals surface area contributed by atoms with Crippen LogP contribution < -0.4 is 16.4 Å². The molecule has 162 valence electrons. The van der Waals surface area contributed by atoms with Crippen LogP contribution in [0.2, 0.25) is 0 Å². The minimum Gasteiger partial charge on any atom is -0.373 e. The van der Waals surface area contributed by atoms with Crippen molar-refractivity contribution in [3.63, 3.8) is 0 Å². The largest absolute Gasteiger partial charge is 0.421 e. The molecule has 1 aromatic heterocycles. The van der Waals surface area contributed by atoms with Gasteiger partial charge in [0.15, 0.2) is 0 Å². The molecule has 1 aromatic rings. The summed E-state index contributed by atoms with van der Waals surface area (Å²) >= 11 is 0. The van der Waals surface area contributed by atoms with Crippen LogP contribution in [0.3, 0.4) is 0 Å². The molecule has 0 saturated carbocycles. The van der Waals surface area contributed by atoms with Gasteiger partial charge in [-0.15, -0.1) is 0 Å². The Morgan fingerprint density at radius 2 is 2.17 bits per heavy atom. The zero-order valence-electron chi connectivity index (χ0n) is 16.7. The molecule has 0 radical (unpaired) electrons. The maximum atomic E-state index is 14.8. The van der Waals surface area contributed by atoms with Crippen LogP contribution >= 0.6 is 0 Å². The second-order valence-corrected chi connectivity index (χ2v) is 7.51. The van der Waals surface area contributed by atoms with E-state index in [2.05, 4.69) is 39.5 Å². The molecule has 0 amide bonds. The molecule has 0 aliphatic carbocycles. The summed E-state index contributed by atoms with van der Waals surface area (Å²) in [7, 11) is 1.34. The number of likely N-dealkylation sites (N-methyl/N-ethyl adjacent to an activating group) is 1. The summed E-state index contributed by atoms with van der Waals surface area (Å²) in [6, 6.07) is -0.143. The standard InChI is InChI=1S/C18H27F4N7/c1-4-11(2)28-6-5-15(14(19)10-28)29-9-12(7-26-29)18(23)25-8-13(17(20,21)22)16(24-3)27-18/h7-9,11,14-15,25H,4-6,10,23H2,1-3H3,(H,24,27)/t11?,14-,15-,18?/m1/s1. The van der Waals surface area contributed by atoms with E-state index in [-0.39, 0.29) is 5.84 Å². The molecular formula is C18H27F4N7. The summed E-state index contributed by atoms with van der Waals surface area (Å²) in [5.41, 5.74) is 5.60. The fraction of sp³-hybridized carbons (Fsp3) is 0.667. The van der Waals surface area contributed by atoms with Gasteiger partial charge in [0.05, 0.1) is 17.8 Å². The van der Waals surface area contributed by atoms with Gasteiger partial charge in [0.25, 0.3) is 0 Å². The number of hydrogen-bond acceptors (Lipinski definition) is 6. The number of amidine groups is 1. The minimum absolute atomic E-state index is 0.310. The van der Waals surface area contributed by atoms with E-state index >= 15 is 0 Å².